The van der Waals surface area contributed by atoms with Gasteiger partial charge in [0, 0.05) is 24.5 Å². The van der Waals surface area contributed by atoms with E-state index in [1.807, 2.05) is 24.3 Å². The second-order valence-corrected chi connectivity index (χ2v) is 4.74. The number of hydrogen-bond donors (Lipinski definition) is 0. The van der Waals surface area contributed by atoms with Crippen LogP contribution in [0.15, 0.2) is 47.2 Å². The summed E-state index contributed by atoms with van der Waals surface area (Å²) in [4.78, 5) is 17.9. The predicted octanol–water partition coefficient (Wildman–Crippen LogP) is 3.13. The highest BCUT2D eigenvalue weighted by molar-refractivity contribution is 9.10. The second kappa shape index (κ2) is 5.84. The van der Waals surface area contributed by atoms with E-state index < -0.39 is 0 Å². The van der Waals surface area contributed by atoms with Crippen LogP contribution < -0.4 is 9.64 Å². The van der Waals surface area contributed by atoms with Gasteiger partial charge < -0.3 is 9.64 Å². The maximum Gasteiger partial charge on any atom is 0.258 e. The Morgan fingerprint density at radius 2 is 1.95 bits per heavy atom. The molecule has 0 saturated carbocycles. The Balaban J connectivity index is 2.23. The highest BCUT2D eigenvalue weighted by atomic mass is 79.9. The second-order valence-electron chi connectivity index (χ2n) is 3.93. The SMILES string of the molecule is COc1ccc(N(C)C(=O)c2ccnc(Br)c2)cc1. The zero-order chi connectivity index (χ0) is 13.8. The number of ether oxygens (including phenoxy) is 1. The van der Waals surface area contributed by atoms with Gasteiger partial charge in [0.05, 0.1) is 7.11 Å². The summed E-state index contributed by atoms with van der Waals surface area (Å²) in [5.74, 6) is 0.671. The van der Waals surface area contributed by atoms with Crippen LogP contribution in [0.25, 0.3) is 0 Å². The number of aromatic nitrogens is 1. The van der Waals surface area contributed by atoms with Crippen LogP contribution in [0.4, 0.5) is 5.69 Å². The predicted molar refractivity (Wildman–Crippen MR) is 77.7 cm³/mol. The number of rotatable bonds is 3. The molecule has 1 heterocycles. The molecule has 4 nitrogen and oxygen atoms in total. The molecule has 0 saturated heterocycles. The first-order valence-corrected chi connectivity index (χ1v) is 6.45. The third-order valence-corrected chi connectivity index (χ3v) is 3.17. The summed E-state index contributed by atoms with van der Waals surface area (Å²) in [5.41, 5.74) is 1.39. The average Bonchev–Trinajstić information content (AvgIpc) is 2.46. The average molecular weight is 321 g/mol. The van der Waals surface area contributed by atoms with Crippen molar-refractivity contribution in [2.75, 3.05) is 19.1 Å². The van der Waals surface area contributed by atoms with Crippen LogP contribution >= 0.6 is 15.9 Å². The summed E-state index contributed by atoms with van der Waals surface area (Å²) < 4.78 is 5.73. The van der Waals surface area contributed by atoms with E-state index in [4.69, 9.17) is 4.74 Å². The van der Waals surface area contributed by atoms with E-state index in [1.54, 1.807) is 37.4 Å². The number of carbonyl (C=O) groups is 1. The number of carbonyl (C=O) groups excluding carboxylic acids is 1. The summed E-state index contributed by atoms with van der Waals surface area (Å²) in [6.07, 6.45) is 1.60. The maximum atomic E-state index is 12.3. The number of methoxy groups -OCH3 is 1. The molecule has 0 N–H and O–H groups in total. The lowest BCUT2D eigenvalue weighted by Crippen LogP contribution is -2.26. The molecule has 1 aromatic carbocycles. The number of pyridine rings is 1. The fourth-order valence-electron chi connectivity index (χ4n) is 1.65. The molecule has 0 radical (unpaired) electrons. The molecule has 0 aliphatic carbocycles. The van der Waals surface area contributed by atoms with Gasteiger partial charge in [0.25, 0.3) is 5.91 Å². The maximum absolute atomic E-state index is 12.3. The normalized spacial score (nSPS) is 10.1. The lowest BCUT2D eigenvalue weighted by atomic mass is 10.2. The Hall–Kier alpha value is -1.88. The molecule has 1 aromatic heterocycles. The van der Waals surface area contributed by atoms with Crippen molar-refractivity contribution in [1.82, 2.24) is 4.98 Å². The summed E-state index contributed by atoms with van der Waals surface area (Å²) >= 11 is 3.26. The zero-order valence-electron chi connectivity index (χ0n) is 10.6. The molecule has 0 aliphatic heterocycles. The summed E-state index contributed by atoms with van der Waals surface area (Å²) in [5, 5.41) is 0. The Morgan fingerprint density at radius 3 is 2.53 bits per heavy atom. The number of halogens is 1. The third kappa shape index (κ3) is 3.12. The molecule has 1 amide bonds. The molecule has 19 heavy (non-hydrogen) atoms. The van der Waals surface area contributed by atoms with Crippen molar-refractivity contribution in [2.45, 2.75) is 0 Å². The van der Waals surface area contributed by atoms with E-state index in [9.17, 15) is 4.79 Å². The lowest BCUT2D eigenvalue weighted by molar-refractivity contribution is 0.0993. The quantitative estimate of drug-likeness (QED) is 0.816. The fourth-order valence-corrected chi connectivity index (χ4v) is 2.02. The topological polar surface area (TPSA) is 42.4 Å². The van der Waals surface area contributed by atoms with Crippen molar-refractivity contribution >= 4 is 27.5 Å². The highest BCUT2D eigenvalue weighted by Gasteiger charge is 2.13. The van der Waals surface area contributed by atoms with Gasteiger partial charge in [0.1, 0.15) is 10.4 Å². The number of anilines is 1. The van der Waals surface area contributed by atoms with Gasteiger partial charge in [-0.3, -0.25) is 4.79 Å². The van der Waals surface area contributed by atoms with E-state index >= 15 is 0 Å². The number of amides is 1. The van der Waals surface area contributed by atoms with Crippen LogP contribution in [-0.4, -0.2) is 25.0 Å². The zero-order valence-corrected chi connectivity index (χ0v) is 12.2. The van der Waals surface area contributed by atoms with Gasteiger partial charge in [0.15, 0.2) is 0 Å². The van der Waals surface area contributed by atoms with Gasteiger partial charge in [-0.2, -0.15) is 0 Å². The van der Waals surface area contributed by atoms with Gasteiger partial charge in [-0.05, 0) is 52.3 Å². The highest BCUT2D eigenvalue weighted by Crippen LogP contribution is 2.20. The molecule has 98 valence electrons. The number of hydrogen-bond acceptors (Lipinski definition) is 3. The number of nitrogens with zero attached hydrogens (tertiary/aromatic N) is 2. The molecule has 0 bridgehead atoms. The van der Waals surface area contributed by atoms with Gasteiger partial charge in [-0.15, -0.1) is 0 Å². The van der Waals surface area contributed by atoms with E-state index in [1.165, 1.54) is 0 Å². The summed E-state index contributed by atoms with van der Waals surface area (Å²) in [6, 6.07) is 10.7. The Bertz CT molecular complexity index is 584. The van der Waals surface area contributed by atoms with E-state index in [0.717, 1.165) is 11.4 Å². The van der Waals surface area contributed by atoms with E-state index in [-0.39, 0.29) is 5.91 Å². The standard InChI is InChI=1S/C14H13BrN2O2/c1-17(11-3-5-12(19-2)6-4-11)14(18)10-7-8-16-13(15)9-10/h3-9H,1-2H3. The van der Waals surface area contributed by atoms with Crippen LogP contribution in [0.3, 0.4) is 0 Å². The van der Waals surface area contributed by atoms with Crippen LogP contribution in [0.1, 0.15) is 10.4 Å². The molecular formula is C14H13BrN2O2. The molecule has 5 heteroatoms. The van der Waals surface area contributed by atoms with E-state index in [0.29, 0.717) is 10.2 Å². The van der Waals surface area contributed by atoms with Crippen LogP contribution in [0.2, 0.25) is 0 Å². The van der Waals surface area contributed by atoms with Crippen molar-refractivity contribution in [2.24, 2.45) is 0 Å². The van der Waals surface area contributed by atoms with Crippen molar-refractivity contribution in [3.05, 3.63) is 52.8 Å². The molecule has 0 unspecified atom stereocenters. The third-order valence-electron chi connectivity index (χ3n) is 2.74. The minimum Gasteiger partial charge on any atom is -0.497 e. The monoisotopic (exact) mass is 320 g/mol. The minimum absolute atomic E-state index is 0.0896. The first-order valence-electron chi connectivity index (χ1n) is 5.65. The van der Waals surface area contributed by atoms with Gasteiger partial charge in [0.2, 0.25) is 0 Å². The van der Waals surface area contributed by atoms with Crippen molar-refractivity contribution in [3.8, 4) is 5.75 Å². The number of benzene rings is 1. The van der Waals surface area contributed by atoms with E-state index in [2.05, 4.69) is 20.9 Å². The molecule has 0 aliphatic rings. The Kier molecular flexibility index (Phi) is 4.16. The van der Waals surface area contributed by atoms with Crippen molar-refractivity contribution in [1.29, 1.82) is 0 Å². The van der Waals surface area contributed by atoms with Gasteiger partial charge in [-0.1, -0.05) is 0 Å². The molecule has 0 fully saturated rings. The minimum atomic E-state index is -0.0896. The largest absolute Gasteiger partial charge is 0.497 e. The Labute approximate surface area is 120 Å². The summed E-state index contributed by atoms with van der Waals surface area (Å²) in [6.45, 7) is 0. The molecule has 2 rings (SSSR count). The molecule has 0 atom stereocenters. The van der Waals surface area contributed by atoms with Crippen LogP contribution in [-0.2, 0) is 0 Å². The molecule has 2 aromatic rings. The first kappa shape index (κ1) is 13.5. The lowest BCUT2D eigenvalue weighted by Gasteiger charge is -2.17. The Morgan fingerprint density at radius 1 is 1.26 bits per heavy atom. The van der Waals surface area contributed by atoms with Gasteiger partial charge in [-0.25, -0.2) is 4.98 Å². The van der Waals surface area contributed by atoms with Crippen LogP contribution in [0.5, 0.6) is 5.75 Å². The molecule has 0 spiro atoms. The summed E-state index contributed by atoms with van der Waals surface area (Å²) in [7, 11) is 3.34. The van der Waals surface area contributed by atoms with Gasteiger partial charge >= 0.3 is 0 Å². The smallest absolute Gasteiger partial charge is 0.258 e. The van der Waals surface area contributed by atoms with Crippen LogP contribution in [0, 0.1) is 0 Å². The van der Waals surface area contributed by atoms with Crippen molar-refractivity contribution in [3.63, 3.8) is 0 Å². The fraction of sp³-hybridized carbons (Fsp3) is 0.143. The van der Waals surface area contributed by atoms with Crippen molar-refractivity contribution < 1.29 is 9.53 Å². The molecular weight excluding hydrogens is 308 g/mol. The first-order chi connectivity index (χ1) is 9.11.